The van der Waals surface area contributed by atoms with Gasteiger partial charge in [-0.15, -0.1) is 0 Å². The second kappa shape index (κ2) is 5.26. The van der Waals surface area contributed by atoms with Crippen LogP contribution < -0.4 is 0 Å². The third-order valence-corrected chi connectivity index (χ3v) is 2.77. The fourth-order valence-electron chi connectivity index (χ4n) is 1.75. The molecule has 0 amide bonds. The first-order valence-electron chi connectivity index (χ1n) is 4.98. The Bertz CT molecular complexity index is 284. The molecule has 0 atom stereocenters. The molecule has 0 aromatic heterocycles. The molecule has 0 aliphatic heterocycles. The van der Waals surface area contributed by atoms with Crippen LogP contribution in [0.15, 0.2) is 0 Å². The van der Waals surface area contributed by atoms with Gasteiger partial charge in [0.1, 0.15) is 0 Å². The highest BCUT2D eigenvalue weighted by Gasteiger charge is 2.36. The molecule has 0 aromatic rings. The molecule has 0 radical (unpaired) electrons. The Morgan fingerprint density at radius 3 is 2.53 bits per heavy atom. The maximum absolute atomic E-state index is 11.2. The molecule has 0 saturated heterocycles. The van der Waals surface area contributed by atoms with Crippen molar-refractivity contribution in [2.75, 3.05) is 6.61 Å². The van der Waals surface area contributed by atoms with Crippen LogP contribution in [0.25, 0.3) is 0 Å². The molecular formula is C10H14ClNO3. The van der Waals surface area contributed by atoms with Crippen molar-refractivity contribution < 1.29 is 14.3 Å². The average Bonchev–Trinajstić information content (AvgIpc) is 2.09. The van der Waals surface area contributed by atoms with Gasteiger partial charge in [-0.05, 0) is 25.7 Å². The highest BCUT2D eigenvalue weighted by atomic mass is 35.5. The summed E-state index contributed by atoms with van der Waals surface area (Å²) in [5, 5.41) is 6.56. The van der Waals surface area contributed by atoms with Crippen molar-refractivity contribution in [3.05, 3.63) is 0 Å². The summed E-state index contributed by atoms with van der Waals surface area (Å²) in [5.74, 6) is -0.463. The van der Waals surface area contributed by atoms with Crippen molar-refractivity contribution in [2.24, 2.45) is 11.8 Å². The van der Waals surface area contributed by atoms with Crippen LogP contribution >= 0.6 is 11.6 Å². The van der Waals surface area contributed by atoms with E-state index in [1.54, 1.807) is 6.92 Å². The fraction of sp³-hybridized carbons (Fsp3) is 0.700. The quantitative estimate of drug-likeness (QED) is 0.579. The number of carbonyl (C=O) groups is 2. The zero-order valence-electron chi connectivity index (χ0n) is 8.59. The second-order valence-corrected chi connectivity index (χ2v) is 4.10. The highest BCUT2D eigenvalue weighted by molar-refractivity contribution is 6.82. The number of hydrogen-bond donors (Lipinski definition) is 1. The number of hydrogen-bond acceptors (Lipinski definition) is 4. The molecule has 1 aliphatic rings. The number of nitrogens with one attached hydrogen (secondary N) is 1. The van der Waals surface area contributed by atoms with Gasteiger partial charge in [0.15, 0.2) is 11.0 Å². The van der Waals surface area contributed by atoms with Crippen LogP contribution in [0.2, 0.25) is 0 Å². The molecule has 0 unspecified atom stereocenters. The highest BCUT2D eigenvalue weighted by Crippen LogP contribution is 2.37. The molecule has 0 bridgehead atoms. The summed E-state index contributed by atoms with van der Waals surface area (Å²) in [5.41, 5.74) is 0. The van der Waals surface area contributed by atoms with Gasteiger partial charge in [0.05, 0.1) is 6.61 Å². The van der Waals surface area contributed by atoms with E-state index in [9.17, 15) is 9.59 Å². The number of halogens is 1. The first-order valence-corrected chi connectivity index (χ1v) is 5.36. The number of rotatable bonds is 5. The van der Waals surface area contributed by atoms with E-state index >= 15 is 0 Å². The molecule has 4 nitrogen and oxygen atoms in total. The molecule has 1 fully saturated rings. The maximum Gasteiger partial charge on any atom is 0.306 e. The Morgan fingerprint density at radius 2 is 2.07 bits per heavy atom. The Morgan fingerprint density at radius 1 is 1.47 bits per heavy atom. The lowest BCUT2D eigenvalue weighted by molar-refractivity contribution is -0.146. The summed E-state index contributed by atoms with van der Waals surface area (Å²) >= 11 is 5.28. The number of esters is 1. The summed E-state index contributed by atoms with van der Waals surface area (Å²) in [6.07, 6.45) is 1.66. The standard InChI is InChI=1S/C10H14ClNO3/c1-2-15-8(13)5-6-3-7(4-6)9(14)10(11)12/h6-7,12H,2-5H2,1H3. The molecule has 15 heavy (non-hydrogen) atoms. The Hall–Kier alpha value is -0.900. The number of Topliss-reactive ketones (excluding diaryl/α,β-unsaturated/α-hetero) is 1. The monoisotopic (exact) mass is 231 g/mol. The smallest absolute Gasteiger partial charge is 0.306 e. The van der Waals surface area contributed by atoms with E-state index in [2.05, 4.69) is 0 Å². The van der Waals surface area contributed by atoms with Crippen molar-refractivity contribution in [2.45, 2.75) is 26.2 Å². The van der Waals surface area contributed by atoms with Gasteiger partial charge in [-0.2, -0.15) is 0 Å². The van der Waals surface area contributed by atoms with Crippen molar-refractivity contribution in [1.82, 2.24) is 0 Å². The average molecular weight is 232 g/mol. The molecular weight excluding hydrogens is 218 g/mol. The van der Waals surface area contributed by atoms with Crippen LogP contribution in [0, 0.1) is 17.2 Å². The van der Waals surface area contributed by atoms with Crippen LogP contribution in [0.1, 0.15) is 26.2 Å². The molecule has 0 heterocycles. The predicted octanol–water partition coefficient (Wildman–Crippen LogP) is 1.75. The molecule has 5 heteroatoms. The molecule has 84 valence electrons. The Kier molecular flexibility index (Phi) is 4.27. The predicted molar refractivity (Wildman–Crippen MR) is 56.1 cm³/mol. The normalized spacial score (nSPS) is 24.1. The van der Waals surface area contributed by atoms with E-state index in [-0.39, 0.29) is 23.6 Å². The van der Waals surface area contributed by atoms with E-state index in [4.69, 9.17) is 21.7 Å². The number of carbonyl (C=O) groups excluding carboxylic acids is 2. The lowest BCUT2D eigenvalue weighted by Crippen LogP contribution is -2.34. The number of ether oxygens (including phenoxy) is 1. The van der Waals surface area contributed by atoms with Gasteiger partial charge in [0, 0.05) is 12.3 Å². The third kappa shape index (κ3) is 3.30. The van der Waals surface area contributed by atoms with Gasteiger partial charge in [0.25, 0.3) is 0 Å². The molecule has 0 aromatic carbocycles. The molecule has 1 N–H and O–H groups in total. The molecule has 1 rings (SSSR count). The minimum Gasteiger partial charge on any atom is -0.466 e. The molecule has 1 saturated carbocycles. The van der Waals surface area contributed by atoms with Crippen molar-refractivity contribution >= 4 is 28.5 Å². The Balaban J connectivity index is 2.23. The van der Waals surface area contributed by atoms with Gasteiger partial charge < -0.3 is 4.74 Å². The van der Waals surface area contributed by atoms with E-state index < -0.39 is 5.17 Å². The van der Waals surface area contributed by atoms with Gasteiger partial charge in [-0.3, -0.25) is 15.0 Å². The van der Waals surface area contributed by atoms with Crippen LogP contribution in [0.4, 0.5) is 0 Å². The SMILES string of the molecule is CCOC(=O)CC1CC(C(=O)C(=N)Cl)C1. The molecule has 1 aliphatic carbocycles. The Labute approximate surface area is 93.4 Å². The minimum absolute atomic E-state index is 0.158. The van der Waals surface area contributed by atoms with Gasteiger partial charge >= 0.3 is 5.97 Å². The van der Waals surface area contributed by atoms with E-state index in [1.807, 2.05) is 0 Å². The second-order valence-electron chi connectivity index (χ2n) is 3.72. The first-order chi connectivity index (χ1) is 7.04. The minimum atomic E-state index is -0.408. The number of ketones is 1. The summed E-state index contributed by atoms with van der Waals surface area (Å²) in [7, 11) is 0. The van der Waals surface area contributed by atoms with E-state index in [0.29, 0.717) is 25.9 Å². The van der Waals surface area contributed by atoms with Crippen LogP contribution in [-0.4, -0.2) is 23.5 Å². The topological polar surface area (TPSA) is 67.2 Å². The van der Waals surface area contributed by atoms with Crippen molar-refractivity contribution in [3.63, 3.8) is 0 Å². The zero-order valence-corrected chi connectivity index (χ0v) is 9.34. The van der Waals surface area contributed by atoms with Crippen molar-refractivity contribution in [3.8, 4) is 0 Å². The third-order valence-electron chi connectivity index (χ3n) is 2.58. The summed E-state index contributed by atoms with van der Waals surface area (Å²) in [4.78, 5) is 22.3. The van der Waals surface area contributed by atoms with Gasteiger partial charge in [-0.1, -0.05) is 11.6 Å². The summed E-state index contributed by atoms with van der Waals surface area (Å²) in [6, 6.07) is 0. The van der Waals surface area contributed by atoms with E-state index in [1.165, 1.54) is 0 Å². The lowest BCUT2D eigenvalue weighted by atomic mass is 9.71. The fourth-order valence-corrected chi connectivity index (χ4v) is 1.91. The van der Waals surface area contributed by atoms with Gasteiger partial charge in [-0.25, -0.2) is 0 Å². The zero-order chi connectivity index (χ0) is 11.4. The van der Waals surface area contributed by atoms with Crippen molar-refractivity contribution in [1.29, 1.82) is 5.41 Å². The maximum atomic E-state index is 11.2. The van der Waals surface area contributed by atoms with Crippen LogP contribution in [0.3, 0.4) is 0 Å². The van der Waals surface area contributed by atoms with Crippen LogP contribution in [0.5, 0.6) is 0 Å². The lowest BCUT2D eigenvalue weighted by Gasteiger charge is -2.32. The van der Waals surface area contributed by atoms with Crippen LogP contribution in [-0.2, 0) is 14.3 Å². The van der Waals surface area contributed by atoms with E-state index in [0.717, 1.165) is 0 Å². The summed E-state index contributed by atoms with van der Waals surface area (Å²) in [6.45, 7) is 2.15. The largest absolute Gasteiger partial charge is 0.466 e. The molecule has 0 spiro atoms. The first kappa shape index (κ1) is 12.2. The summed E-state index contributed by atoms with van der Waals surface area (Å²) < 4.78 is 4.80. The van der Waals surface area contributed by atoms with Gasteiger partial charge in [0.2, 0.25) is 0 Å².